The van der Waals surface area contributed by atoms with Crippen molar-refractivity contribution in [2.75, 3.05) is 20.1 Å². The Morgan fingerprint density at radius 2 is 1.86 bits per heavy atom. The van der Waals surface area contributed by atoms with Crippen LogP contribution < -0.4 is 4.72 Å². The lowest BCUT2D eigenvalue weighted by Crippen LogP contribution is -2.37. The Bertz CT molecular complexity index is 613. The standard InChI is InChI=1S/C15H23N3O3S/c1-3-17(2)22(20,21)16-11-13-6-8-14(9-7-13)12-18-10-4-5-15(18)19/h6-9,16H,3-5,10-12H2,1-2H3. The van der Waals surface area contributed by atoms with Gasteiger partial charge in [0.1, 0.15) is 0 Å². The van der Waals surface area contributed by atoms with Crippen LogP contribution in [0.25, 0.3) is 0 Å². The second-order valence-electron chi connectivity index (χ2n) is 5.48. The van der Waals surface area contributed by atoms with Gasteiger partial charge in [-0.25, -0.2) is 0 Å². The Hall–Kier alpha value is -1.44. The molecule has 2 rings (SSSR count). The molecule has 0 saturated carbocycles. The molecule has 1 aliphatic rings. The predicted octanol–water partition coefficient (Wildman–Crippen LogP) is 1.10. The summed E-state index contributed by atoms with van der Waals surface area (Å²) in [6, 6.07) is 7.67. The second kappa shape index (κ2) is 7.21. The number of hydrogen-bond acceptors (Lipinski definition) is 3. The van der Waals surface area contributed by atoms with Crippen LogP contribution in [0.15, 0.2) is 24.3 Å². The average Bonchev–Trinajstić information content (AvgIpc) is 2.91. The van der Waals surface area contributed by atoms with Gasteiger partial charge in [0, 0.05) is 39.6 Å². The molecule has 0 atom stereocenters. The Kier molecular flexibility index (Phi) is 5.55. The zero-order chi connectivity index (χ0) is 16.2. The minimum atomic E-state index is -3.41. The van der Waals surface area contributed by atoms with Crippen molar-refractivity contribution in [3.63, 3.8) is 0 Å². The highest BCUT2D eigenvalue weighted by Crippen LogP contribution is 2.14. The van der Waals surface area contributed by atoms with E-state index in [4.69, 9.17) is 0 Å². The quantitative estimate of drug-likeness (QED) is 0.816. The normalized spacial score (nSPS) is 15.8. The van der Waals surface area contributed by atoms with Crippen molar-refractivity contribution < 1.29 is 13.2 Å². The summed E-state index contributed by atoms with van der Waals surface area (Å²) in [6.45, 7) is 3.93. The molecule has 1 heterocycles. The third kappa shape index (κ3) is 4.28. The van der Waals surface area contributed by atoms with E-state index in [1.807, 2.05) is 29.2 Å². The summed E-state index contributed by atoms with van der Waals surface area (Å²) >= 11 is 0. The summed E-state index contributed by atoms with van der Waals surface area (Å²) in [5.74, 6) is 0.208. The van der Waals surface area contributed by atoms with Crippen molar-refractivity contribution in [1.29, 1.82) is 0 Å². The van der Waals surface area contributed by atoms with E-state index in [1.165, 1.54) is 4.31 Å². The van der Waals surface area contributed by atoms with Gasteiger partial charge >= 0.3 is 0 Å². The first-order valence-corrected chi connectivity index (χ1v) is 8.93. The molecule has 7 heteroatoms. The third-order valence-corrected chi connectivity index (χ3v) is 5.47. The van der Waals surface area contributed by atoms with Crippen LogP contribution >= 0.6 is 0 Å². The lowest BCUT2D eigenvalue weighted by Gasteiger charge is -2.17. The van der Waals surface area contributed by atoms with Crippen molar-refractivity contribution in [1.82, 2.24) is 13.9 Å². The van der Waals surface area contributed by atoms with E-state index in [-0.39, 0.29) is 12.5 Å². The SMILES string of the molecule is CCN(C)S(=O)(=O)NCc1ccc(CN2CCCC2=O)cc1. The highest BCUT2D eigenvalue weighted by molar-refractivity contribution is 7.87. The maximum absolute atomic E-state index is 11.8. The van der Waals surface area contributed by atoms with Crippen LogP contribution in [-0.2, 0) is 28.1 Å². The molecule has 122 valence electrons. The maximum atomic E-state index is 11.8. The molecular formula is C15H23N3O3S. The topological polar surface area (TPSA) is 69.7 Å². The summed E-state index contributed by atoms with van der Waals surface area (Å²) in [5, 5.41) is 0. The van der Waals surface area contributed by atoms with E-state index >= 15 is 0 Å². The van der Waals surface area contributed by atoms with Crippen LogP contribution in [0.2, 0.25) is 0 Å². The Labute approximate surface area is 132 Å². The molecule has 1 aromatic rings. The Balaban J connectivity index is 1.90. The third-order valence-electron chi connectivity index (χ3n) is 3.88. The highest BCUT2D eigenvalue weighted by Gasteiger charge is 2.20. The van der Waals surface area contributed by atoms with Crippen LogP contribution in [-0.4, -0.2) is 43.7 Å². The first-order chi connectivity index (χ1) is 10.4. The second-order valence-corrected chi connectivity index (χ2v) is 7.34. The monoisotopic (exact) mass is 325 g/mol. The first-order valence-electron chi connectivity index (χ1n) is 7.49. The number of rotatable bonds is 7. The Morgan fingerprint density at radius 3 is 2.41 bits per heavy atom. The summed E-state index contributed by atoms with van der Waals surface area (Å²) < 4.78 is 27.5. The average molecular weight is 325 g/mol. The van der Waals surface area contributed by atoms with Gasteiger partial charge in [0.15, 0.2) is 0 Å². The smallest absolute Gasteiger partial charge is 0.279 e. The largest absolute Gasteiger partial charge is 0.338 e. The Morgan fingerprint density at radius 1 is 1.23 bits per heavy atom. The molecule has 1 amide bonds. The van der Waals surface area contributed by atoms with Crippen LogP contribution in [0.1, 0.15) is 30.9 Å². The van der Waals surface area contributed by atoms with Gasteiger partial charge in [-0.15, -0.1) is 0 Å². The van der Waals surface area contributed by atoms with E-state index < -0.39 is 10.2 Å². The number of nitrogens with one attached hydrogen (secondary N) is 1. The van der Waals surface area contributed by atoms with Crippen LogP contribution in [0.4, 0.5) is 0 Å². The maximum Gasteiger partial charge on any atom is 0.279 e. The van der Waals surface area contributed by atoms with Crippen molar-refractivity contribution in [2.24, 2.45) is 0 Å². The molecule has 0 bridgehead atoms. The molecule has 0 unspecified atom stereocenters. The summed E-state index contributed by atoms with van der Waals surface area (Å²) in [6.07, 6.45) is 1.58. The molecule has 1 aromatic carbocycles. The van der Waals surface area contributed by atoms with Gasteiger partial charge in [-0.2, -0.15) is 17.4 Å². The molecule has 6 nitrogen and oxygen atoms in total. The fourth-order valence-electron chi connectivity index (χ4n) is 2.31. The molecule has 0 aliphatic carbocycles. The van der Waals surface area contributed by atoms with E-state index in [0.29, 0.717) is 19.5 Å². The van der Waals surface area contributed by atoms with Crippen molar-refractivity contribution in [3.05, 3.63) is 35.4 Å². The van der Waals surface area contributed by atoms with Gasteiger partial charge in [0.25, 0.3) is 10.2 Å². The molecule has 0 aromatic heterocycles. The number of likely N-dealkylation sites (tertiary alicyclic amines) is 1. The summed E-state index contributed by atoms with van der Waals surface area (Å²) in [5.41, 5.74) is 1.96. The highest BCUT2D eigenvalue weighted by atomic mass is 32.2. The lowest BCUT2D eigenvalue weighted by molar-refractivity contribution is -0.128. The van der Waals surface area contributed by atoms with Crippen molar-refractivity contribution in [2.45, 2.75) is 32.9 Å². The number of nitrogens with zero attached hydrogens (tertiary/aromatic N) is 2. The summed E-state index contributed by atoms with van der Waals surface area (Å²) in [4.78, 5) is 13.5. The number of amides is 1. The molecule has 1 saturated heterocycles. The zero-order valence-corrected chi connectivity index (χ0v) is 13.9. The number of benzene rings is 1. The van der Waals surface area contributed by atoms with Gasteiger partial charge in [0.2, 0.25) is 5.91 Å². The molecule has 1 fully saturated rings. The van der Waals surface area contributed by atoms with Gasteiger partial charge in [-0.1, -0.05) is 31.2 Å². The molecule has 1 aliphatic heterocycles. The predicted molar refractivity (Wildman–Crippen MR) is 85.2 cm³/mol. The van der Waals surface area contributed by atoms with E-state index in [0.717, 1.165) is 24.1 Å². The van der Waals surface area contributed by atoms with E-state index in [2.05, 4.69) is 4.72 Å². The van der Waals surface area contributed by atoms with Crippen molar-refractivity contribution in [3.8, 4) is 0 Å². The molecule has 1 N–H and O–H groups in total. The number of carbonyl (C=O) groups is 1. The van der Waals surface area contributed by atoms with E-state index in [9.17, 15) is 13.2 Å². The molecule has 22 heavy (non-hydrogen) atoms. The molecule has 0 spiro atoms. The first kappa shape index (κ1) is 16.9. The summed E-state index contributed by atoms with van der Waals surface area (Å²) in [7, 11) is -1.87. The number of hydrogen-bond donors (Lipinski definition) is 1. The zero-order valence-electron chi connectivity index (χ0n) is 13.1. The molecular weight excluding hydrogens is 302 g/mol. The van der Waals surface area contributed by atoms with Crippen molar-refractivity contribution >= 4 is 16.1 Å². The van der Waals surface area contributed by atoms with Gasteiger partial charge in [0.05, 0.1) is 0 Å². The number of carbonyl (C=O) groups excluding carboxylic acids is 1. The van der Waals surface area contributed by atoms with Crippen LogP contribution in [0.5, 0.6) is 0 Å². The fraction of sp³-hybridized carbons (Fsp3) is 0.533. The van der Waals surface area contributed by atoms with Gasteiger partial charge in [-0.05, 0) is 17.5 Å². The molecule has 0 radical (unpaired) electrons. The van der Waals surface area contributed by atoms with Gasteiger partial charge < -0.3 is 4.90 Å². The van der Waals surface area contributed by atoms with Crippen LogP contribution in [0.3, 0.4) is 0 Å². The van der Waals surface area contributed by atoms with Crippen LogP contribution in [0, 0.1) is 0 Å². The fourth-order valence-corrected chi connectivity index (χ4v) is 3.22. The lowest BCUT2D eigenvalue weighted by atomic mass is 10.1. The van der Waals surface area contributed by atoms with E-state index in [1.54, 1.807) is 14.0 Å². The minimum absolute atomic E-state index is 0.208. The van der Waals surface area contributed by atoms with Gasteiger partial charge in [-0.3, -0.25) is 4.79 Å². The minimum Gasteiger partial charge on any atom is -0.338 e.